The molecule has 1 aromatic carbocycles. The summed E-state index contributed by atoms with van der Waals surface area (Å²) in [6.07, 6.45) is -0.944. The molecule has 21 heavy (non-hydrogen) atoms. The monoisotopic (exact) mass is 293 g/mol. The molecule has 2 rings (SSSR count). The number of nitrogens with zero attached hydrogens (tertiary/aromatic N) is 1. The highest BCUT2D eigenvalue weighted by molar-refractivity contribution is 5.84. The number of carboxylic acids is 1. The van der Waals surface area contributed by atoms with Gasteiger partial charge in [0.05, 0.1) is 26.2 Å². The summed E-state index contributed by atoms with van der Waals surface area (Å²) in [5, 5.41) is 8.98. The highest BCUT2D eigenvalue weighted by Crippen LogP contribution is 2.23. The van der Waals surface area contributed by atoms with Crippen LogP contribution in [0.4, 0.5) is 0 Å². The topological polar surface area (TPSA) is 76.1 Å². The van der Waals surface area contributed by atoms with Crippen molar-refractivity contribution in [3.05, 3.63) is 29.8 Å². The van der Waals surface area contributed by atoms with Crippen LogP contribution in [0.2, 0.25) is 0 Å². The lowest BCUT2D eigenvalue weighted by Crippen LogP contribution is -2.49. The minimum atomic E-state index is -1.04. The fraction of sp³-hybridized carbons (Fsp3) is 0.467. The van der Waals surface area contributed by atoms with Gasteiger partial charge in [0.25, 0.3) is 0 Å². The van der Waals surface area contributed by atoms with Gasteiger partial charge in [-0.3, -0.25) is 4.79 Å². The number of ether oxygens (including phenoxy) is 2. The molecule has 0 radical (unpaired) electrons. The fourth-order valence-electron chi connectivity index (χ4n) is 2.33. The average molecular weight is 293 g/mol. The largest absolute Gasteiger partial charge is 0.497 e. The van der Waals surface area contributed by atoms with Crippen LogP contribution < -0.4 is 4.74 Å². The molecule has 0 unspecified atom stereocenters. The molecule has 1 N–H and O–H groups in total. The standard InChI is InChI=1S/C15H19NO5/c1-10(11-4-3-5-12(8-11)20-2)14(17)16-6-7-21-13(9-16)15(18)19/h3-5,8,10,13H,6-7,9H2,1-2H3,(H,18,19)/t10-,13+/m0/s1. The number of methoxy groups -OCH3 is 1. The molecule has 1 heterocycles. The molecule has 0 aromatic heterocycles. The summed E-state index contributed by atoms with van der Waals surface area (Å²) in [6, 6.07) is 7.32. The van der Waals surface area contributed by atoms with E-state index in [2.05, 4.69) is 0 Å². The number of carbonyl (C=O) groups excluding carboxylic acids is 1. The van der Waals surface area contributed by atoms with E-state index in [0.717, 1.165) is 5.56 Å². The van der Waals surface area contributed by atoms with E-state index in [1.165, 1.54) is 0 Å². The molecule has 1 aliphatic rings. The molecule has 0 bridgehead atoms. The lowest BCUT2D eigenvalue weighted by Gasteiger charge is -2.32. The Kier molecular flexibility index (Phi) is 4.80. The van der Waals surface area contributed by atoms with E-state index >= 15 is 0 Å². The van der Waals surface area contributed by atoms with E-state index in [1.54, 1.807) is 12.0 Å². The van der Waals surface area contributed by atoms with Crippen molar-refractivity contribution in [2.75, 3.05) is 26.8 Å². The average Bonchev–Trinajstić information content (AvgIpc) is 2.53. The van der Waals surface area contributed by atoms with Crippen molar-refractivity contribution in [2.24, 2.45) is 0 Å². The number of amides is 1. The van der Waals surface area contributed by atoms with E-state index in [4.69, 9.17) is 14.6 Å². The lowest BCUT2D eigenvalue weighted by atomic mass is 9.99. The summed E-state index contributed by atoms with van der Waals surface area (Å²) in [7, 11) is 1.57. The van der Waals surface area contributed by atoms with Gasteiger partial charge in [-0.2, -0.15) is 0 Å². The van der Waals surface area contributed by atoms with Gasteiger partial charge < -0.3 is 19.5 Å². The Hall–Kier alpha value is -2.08. The SMILES string of the molecule is COc1cccc([C@H](C)C(=O)N2CCO[C@@H](C(=O)O)C2)c1. The number of aliphatic carboxylic acids is 1. The minimum absolute atomic E-state index is 0.0858. The first kappa shape index (κ1) is 15.3. The van der Waals surface area contributed by atoms with Crippen molar-refractivity contribution in [1.82, 2.24) is 4.90 Å². The van der Waals surface area contributed by atoms with E-state index < -0.39 is 12.1 Å². The Bertz CT molecular complexity index is 531. The number of hydrogen-bond donors (Lipinski definition) is 1. The molecule has 1 fully saturated rings. The smallest absolute Gasteiger partial charge is 0.334 e. The Labute approximate surface area is 123 Å². The molecular weight excluding hydrogens is 274 g/mol. The summed E-state index contributed by atoms with van der Waals surface area (Å²) in [5.74, 6) is -0.801. The van der Waals surface area contributed by atoms with E-state index in [9.17, 15) is 9.59 Å². The van der Waals surface area contributed by atoms with Gasteiger partial charge in [0.1, 0.15) is 5.75 Å². The summed E-state index contributed by atoms with van der Waals surface area (Å²) >= 11 is 0. The molecule has 1 aromatic rings. The highest BCUT2D eigenvalue weighted by Gasteiger charge is 2.31. The number of carbonyl (C=O) groups is 2. The first-order valence-electron chi connectivity index (χ1n) is 6.80. The molecule has 2 atom stereocenters. The van der Waals surface area contributed by atoms with Gasteiger partial charge in [0, 0.05) is 6.54 Å². The predicted octanol–water partition coefficient (Wildman–Crippen LogP) is 1.11. The van der Waals surface area contributed by atoms with Gasteiger partial charge >= 0.3 is 5.97 Å². The number of morpholine rings is 1. The Morgan fingerprint density at radius 3 is 2.90 bits per heavy atom. The molecule has 6 nitrogen and oxygen atoms in total. The van der Waals surface area contributed by atoms with Crippen molar-refractivity contribution >= 4 is 11.9 Å². The summed E-state index contributed by atoms with van der Waals surface area (Å²) < 4.78 is 10.3. The van der Waals surface area contributed by atoms with Crippen LogP contribution in [0.1, 0.15) is 18.4 Å². The number of hydrogen-bond acceptors (Lipinski definition) is 4. The van der Waals surface area contributed by atoms with Crippen LogP contribution in [0.5, 0.6) is 5.75 Å². The van der Waals surface area contributed by atoms with Gasteiger partial charge in [-0.1, -0.05) is 12.1 Å². The third kappa shape index (κ3) is 3.52. The van der Waals surface area contributed by atoms with Gasteiger partial charge in [-0.15, -0.1) is 0 Å². The second kappa shape index (κ2) is 6.58. The fourth-order valence-corrected chi connectivity index (χ4v) is 2.33. The molecular formula is C15H19NO5. The molecule has 1 aliphatic heterocycles. The van der Waals surface area contributed by atoms with Crippen LogP contribution in [0, 0.1) is 0 Å². The molecule has 1 saturated heterocycles. The summed E-state index contributed by atoms with van der Waals surface area (Å²) in [5.41, 5.74) is 0.845. The minimum Gasteiger partial charge on any atom is -0.497 e. The van der Waals surface area contributed by atoms with Gasteiger partial charge in [-0.25, -0.2) is 4.79 Å². The molecule has 0 spiro atoms. The van der Waals surface area contributed by atoms with Crippen molar-refractivity contribution in [3.8, 4) is 5.75 Å². The van der Waals surface area contributed by atoms with Crippen LogP contribution in [0.15, 0.2) is 24.3 Å². The molecule has 0 saturated carbocycles. The number of rotatable bonds is 4. The quantitative estimate of drug-likeness (QED) is 0.900. The van der Waals surface area contributed by atoms with Gasteiger partial charge in [0.15, 0.2) is 6.10 Å². The van der Waals surface area contributed by atoms with Crippen molar-refractivity contribution in [2.45, 2.75) is 18.9 Å². The maximum atomic E-state index is 12.5. The molecule has 114 valence electrons. The van der Waals surface area contributed by atoms with Gasteiger partial charge in [-0.05, 0) is 24.6 Å². The second-order valence-corrected chi connectivity index (χ2v) is 4.98. The van der Waals surface area contributed by atoms with Crippen molar-refractivity contribution in [1.29, 1.82) is 0 Å². The molecule has 1 amide bonds. The predicted molar refractivity (Wildman–Crippen MR) is 75.4 cm³/mol. The van der Waals surface area contributed by atoms with E-state index in [-0.39, 0.29) is 25.0 Å². The summed E-state index contributed by atoms with van der Waals surface area (Å²) in [6.45, 7) is 2.55. The second-order valence-electron chi connectivity index (χ2n) is 4.98. The first-order valence-corrected chi connectivity index (χ1v) is 6.80. The third-order valence-corrected chi connectivity index (χ3v) is 3.62. The zero-order valence-electron chi connectivity index (χ0n) is 12.1. The number of benzene rings is 1. The Morgan fingerprint density at radius 2 is 2.24 bits per heavy atom. The van der Waals surface area contributed by atoms with Gasteiger partial charge in [0.2, 0.25) is 5.91 Å². The van der Waals surface area contributed by atoms with Crippen LogP contribution in [-0.2, 0) is 14.3 Å². The molecule has 0 aliphatic carbocycles. The molecule has 6 heteroatoms. The zero-order valence-corrected chi connectivity index (χ0v) is 12.1. The van der Waals surface area contributed by atoms with Crippen LogP contribution in [0.25, 0.3) is 0 Å². The van der Waals surface area contributed by atoms with Crippen molar-refractivity contribution < 1.29 is 24.2 Å². The highest BCUT2D eigenvalue weighted by atomic mass is 16.5. The van der Waals surface area contributed by atoms with E-state index in [1.807, 2.05) is 31.2 Å². The normalized spacial score (nSPS) is 19.9. The number of carboxylic acid groups (broad SMARTS) is 1. The van der Waals surface area contributed by atoms with E-state index in [0.29, 0.717) is 12.3 Å². The Morgan fingerprint density at radius 1 is 1.48 bits per heavy atom. The van der Waals surface area contributed by atoms with Crippen LogP contribution in [0.3, 0.4) is 0 Å². The third-order valence-electron chi connectivity index (χ3n) is 3.62. The first-order chi connectivity index (χ1) is 10.0. The zero-order chi connectivity index (χ0) is 15.4. The maximum absolute atomic E-state index is 12.5. The van der Waals surface area contributed by atoms with Crippen LogP contribution in [-0.4, -0.2) is 54.8 Å². The lowest BCUT2D eigenvalue weighted by molar-refractivity contribution is -0.159. The van der Waals surface area contributed by atoms with Crippen LogP contribution >= 0.6 is 0 Å². The summed E-state index contributed by atoms with van der Waals surface area (Å²) in [4.78, 5) is 25.0. The maximum Gasteiger partial charge on any atom is 0.334 e. The Balaban J connectivity index is 2.09. The van der Waals surface area contributed by atoms with Crippen molar-refractivity contribution in [3.63, 3.8) is 0 Å².